The van der Waals surface area contributed by atoms with Crippen LogP contribution in [-0.4, -0.2) is 108 Å². The van der Waals surface area contributed by atoms with Crippen molar-refractivity contribution >= 4 is 28.5 Å². The van der Waals surface area contributed by atoms with Crippen LogP contribution in [0, 0.1) is 11.3 Å². The SMILES string of the molecule is C[C@@H]1CN(c2ccc(C#N)c3nccnc23)C[C@H](CN2CCN(c3ccnc(N4C[C@H](N)[C@@H](F)C4)n3)CC2)O1. The van der Waals surface area contributed by atoms with Crippen molar-refractivity contribution in [2.75, 3.05) is 73.6 Å². The zero-order valence-corrected chi connectivity index (χ0v) is 22.0. The molecule has 0 spiro atoms. The molecule has 1 aromatic carbocycles. The maximum Gasteiger partial charge on any atom is 0.227 e. The highest BCUT2D eigenvalue weighted by molar-refractivity contribution is 5.92. The Morgan fingerprint density at radius 2 is 1.74 bits per heavy atom. The third kappa shape index (κ3) is 5.30. The van der Waals surface area contributed by atoms with E-state index in [-0.39, 0.29) is 18.8 Å². The summed E-state index contributed by atoms with van der Waals surface area (Å²) in [6, 6.07) is 7.44. The van der Waals surface area contributed by atoms with E-state index in [1.807, 2.05) is 23.1 Å². The molecular weight excluding hydrogens is 499 g/mol. The van der Waals surface area contributed by atoms with Gasteiger partial charge in [0.1, 0.15) is 29.1 Å². The molecule has 5 heterocycles. The number of rotatable bonds is 5. The van der Waals surface area contributed by atoms with Gasteiger partial charge in [-0.15, -0.1) is 0 Å². The molecule has 0 bridgehead atoms. The van der Waals surface area contributed by atoms with E-state index < -0.39 is 12.2 Å². The monoisotopic (exact) mass is 532 g/mol. The number of hydrogen-bond donors (Lipinski definition) is 1. The summed E-state index contributed by atoms with van der Waals surface area (Å²) in [4.78, 5) is 26.9. The maximum absolute atomic E-state index is 13.9. The van der Waals surface area contributed by atoms with Crippen molar-refractivity contribution < 1.29 is 9.13 Å². The zero-order chi connectivity index (χ0) is 26.9. The number of fused-ring (bicyclic) bond motifs is 1. The van der Waals surface area contributed by atoms with Gasteiger partial charge in [-0.2, -0.15) is 10.2 Å². The van der Waals surface area contributed by atoms with E-state index in [1.54, 1.807) is 18.6 Å². The molecule has 0 unspecified atom stereocenters. The number of alkyl halides is 1. The molecule has 3 saturated heterocycles. The minimum Gasteiger partial charge on any atom is -0.370 e. The molecule has 2 aromatic heterocycles. The molecular formula is C27H33FN10O. The van der Waals surface area contributed by atoms with Crippen LogP contribution < -0.4 is 20.4 Å². The molecule has 2 N–H and O–H groups in total. The van der Waals surface area contributed by atoms with Gasteiger partial charge >= 0.3 is 0 Å². The number of nitrogens with two attached hydrogens (primary N) is 1. The van der Waals surface area contributed by atoms with Crippen LogP contribution in [-0.2, 0) is 4.74 Å². The first-order valence-corrected chi connectivity index (χ1v) is 13.5. The minimum absolute atomic E-state index is 0.0429. The summed E-state index contributed by atoms with van der Waals surface area (Å²) < 4.78 is 20.3. The Labute approximate surface area is 227 Å². The van der Waals surface area contributed by atoms with E-state index in [4.69, 9.17) is 15.5 Å². The number of piperazine rings is 1. The maximum atomic E-state index is 13.9. The number of ether oxygens (including phenoxy) is 1. The quantitative estimate of drug-likeness (QED) is 0.510. The van der Waals surface area contributed by atoms with Crippen LogP contribution in [0.2, 0.25) is 0 Å². The molecule has 6 rings (SSSR count). The summed E-state index contributed by atoms with van der Waals surface area (Å²) >= 11 is 0. The molecule has 12 heteroatoms. The van der Waals surface area contributed by atoms with Crippen LogP contribution in [0.15, 0.2) is 36.8 Å². The molecule has 3 aromatic rings. The topological polar surface area (TPSA) is 124 Å². The zero-order valence-electron chi connectivity index (χ0n) is 22.0. The van der Waals surface area contributed by atoms with Gasteiger partial charge in [0.2, 0.25) is 5.95 Å². The number of aromatic nitrogens is 4. The molecule has 3 aliphatic heterocycles. The van der Waals surface area contributed by atoms with Crippen LogP contribution in [0.4, 0.5) is 21.8 Å². The fourth-order valence-corrected chi connectivity index (χ4v) is 5.80. The van der Waals surface area contributed by atoms with Gasteiger partial charge in [0, 0.05) is 70.9 Å². The Morgan fingerprint density at radius 3 is 2.49 bits per heavy atom. The smallest absolute Gasteiger partial charge is 0.227 e. The highest BCUT2D eigenvalue weighted by atomic mass is 19.1. The normalized spacial score (nSPS) is 26.3. The standard InChI is InChI=1S/C27H33FN10O/c1-18-13-37(23-3-2-19(12-29)25-26(23)32-7-6-31-25)15-20(39-18)14-35-8-10-36(11-9-35)24-4-5-33-27(34-24)38-16-21(28)22(30)17-38/h2-7,18,20-22H,8-11,13-17,30H2,1H3/t18-,20+,21+,22+/m1/s1. The minimum atomic E-state index is -1.05. The number of anilines is 3. The van der Waals surface area contributed by atoms with Crippen molar-refractivity contribution in [1.29, 1.82) is 5.26 Å². The van der Waals surface area contributed by atoms with Gasteiger partial charge in [0.15, 0.2) is 0 Å². The number of nitriles is 1. The van der Waals surface area contributed by atoms with Gasteiger partial charge in [-0.05, 0) is 25.1 Å². The average molecular weight is 533 g/mol. The lowest BCUT2D eigenvalue weighted by atomic mass is 10.1. The first kappa shape index (κ1) is 25.6. The molecule has 0 saturated carbocycles. The molecule has 204 valence electrons. The van der Waals surface area contributed by atoms with Crippen LogP contribution in [0.5, 0.6) is 0 Å². The highest BCUT2D eigenvalue weighted by Gasteiger charge is 2.32. The second kappa shape index (κ2) is 10.8. The Kier molecular flexibility index (Phi) is 7.12. The summed E-state index contributed by atoms with van der Waals surface area (Å²) in [5.74, 6) is 1.40. The Balaban J connectivity index is 1.08. The largest absolute Gasteiger partial charge is 0.370 e. The lowest BCUT2D eigenvalue weighted by molar-refractivity contribution is -0.0327. The number of halogens is 1. The number of morpholine rings is 1. The van der Waals surface area contributed by atoms with Crippen LogP contribution >= 0.6 is 0 Å². The van der Waals surface area contributed by atoms with Gasteiger partial charge in [-0.3, -0.25) is 14.9 Å². The number of hydrogen-bond acceptors (Lipinski definition) is 11. The van der Waals surface area contributed by atoms with Crippen molar-refractivity contribution in [3.8, 4) is 6.07 Å². The van der Waals surface area contributed by atoms with E-state index in [2.05, 4.69) is 42.6 Å². The van der Waals surface area contributed by atoms with Crippen LogP contribution in [0.25, 0.3) is 11.0 Å². The summed E-state index contributed by atoms with van der Waals surface area (Å²) in [5, 5.41) is 9.49. The van der Waals surface area contributed by atoms with E-state index in [9.17, 15) is 9.65 Å². The fraction of sp³-hybridized carbons (Fsp3) is 0.519. The van der Waals surface area contributed by atoms with Crippen molar-refractivity contribution in [2.45, 2.75) is 31.3 Å². The first-order chi connectivity index (χ1) is 19.0. The Morgan fingerprint density at radius 1 is 0.949 bits per heavy atom. The number of benzene rings is 1. The van der Waals surface area contributed by atoms with Gasteiger partial charge in [-0.25, -0.2) is 9.37 Å². The third-order valence-corrected chi connectivity index (χ3v) is 7.75. The summed E-state index contributed by atoms with van der Waals surface area (Å²) in [5.41, 5.74) is 8.75. The summed E-state index contributed by atoms with van der Waals surface area (Å²) in [6.45, 7) is 8.54. The predicted octanol–water partition coefficient (Wildman–Crippen LogP) is 1.19. The van der Waals surface area contributed by atoms with Gasteiger partial charge in [-0.1, -0.05) is 0 Å². The van der Waals surface area contributed by atoms with Crippen molar-refractivity contribution in [1.82, 2.24) is 24.8 Å². The third-order valence-electron chi connectivity index (χ3n) is 7.75. The molecule has 11 nitrogen and oxygen atoms in total. The highest BCUT2D eigenvalue weighted by Crippen LogP contribution is 2.29. The Hall–Kier alpha value is -3.66. The fourth-order valence-electron chi connectivity index (χ4n) is 5.80. The molecule has 0 radical (unpaired) electrons. The molecule has 0 aliphatic carbocycles. The second-order valence-electron chi connectivity index (χ2n) is 10.6. The van der Waals surface area contributed by atoms with Gasteiger partial charge < -0.3 is 25.2 Å². The van der Waals surface area contributed by atoms with E-state index in [0.717, 1.165) is 62.8 Å². The van der Waals surface area contributed by atoms with Crippen molar-refractivity contribution in [2.24, 2.45) is 5.73 Å². The molecule has 4 atom stereocenters. The summed E-state index contributed by atoms with van der Waals surface area (Å²) in [7, 11) is 0. The Bertz CT molecular complexity index is 1350. The average Bonchev–Trinajstić information content (AvgIpc) is 3.30. The lowest BCUT2D eigenvalue weighted by Crippen LogP contribution is -2.54. The molecule has 3 aliphatic rings. The van der Waals surface area contributed by atoms with Crippen LogP contribution in [0.1, 0.15) is 12.5 Å². The molecule has 39 heavy (non-hydrogen) atoms. The van der Waals surface area contributed by atoms with Crippen molar-refractivity contribution in [3.05, 3.63) is 42.4 Å². The molecule has 0 amide bonds. The second-order valence-corrected chi connectivity index (χ2v) is 10.6. The predicted molar refractivity (Wildman–Crippen MR) is 147 cm³/mol. The van der Waals surface area contributed by atoms with Crippen LogP contribution in [0.3, 0.4) is 0 Å². The lowest BCUT2D eigenvalue weighted by Gasteiger charge is -2.42. The van der Waals surface area contributed by atoms with E-state index >= 15 is 0 Å². The van der Waals surface area contributed by atoms with E-state index in [0.29, 0.717) is 23.6 Å². The number of nitrogens with zero attached hydrogens (tertiary/aromatic N) is 9. The van der Waals surface area contributed by atoms with Gasteiger partial charge in [0.05, 0.1) is 36.0 Å². The molecule has 3 fully saturated rings. The van der Waals surface area contributed by atoms with Crippen molar-refractivity contribution in [3.63, 3.8) is 0 Å². The van der Waals surface area contributed by atoms with E-state index in [1.165, 1.54) is 0 Å². The summed E-state index contributed by atoms with van der Waals surface area (Å²) in [6.07, 6.45) is 4.10. The first-order valence-electron chi connectivity index (χ1n) is 13.5. The van der Waals surface area contributed by atoms with Gasteiger partial charge in [0.25, 0.3) is 0 Å².